The molecule has 2 saturated heterocycles. The average molecular weight is 540 g/mol. The van der Waals surface area contributed by atoms with Gasteiger partial charge in [0.1, 0.15) is 0 Å². The number of halogens is 4. The first-order chi connectivity index (χ1) is 18.0. The van der Waals surface area contributed by atoms with E-state index in [-0.39, 0.29) is 22.4 Å². The largest absolute Gasteiger partial charge is 0.416 e. The minimum Gasteiger partial charge on any atom is -0.349 e. The Kier molecular flexibility index (Phi) is 5.22. The molecule has 0 bridgehead atoms. The highest BCUT2D eigenvalue weighted by molar-refractivity contribution is 6.37. The molecule has 6 rings (SSSR count). The summed E-state index contributed by atoms with van der Waals surface area (Å²) < 4.78 is 46.7. The highest BCUT2D eigenvalue weighted by atomic mass is 35.5. The van der Waals surface area contributed by atoms with E-state index in [0.29, 0.717) is 15.5 Å². The number of anilines is 1. The number of rotatable bonds is 2. The molecule has 3 aromatic rings. The van der Waals surface area contributed by atoms with Crippen molar-refractivity contribution in [3.05, 3.63) is 99.6 Å². The number of fused-ring (bicyclic) bond motifs is 3. The van der Waals surface area contributed by atoms with Crippen LogP contribution in [0, 0.1) is 18.8 Å². The van der Waals surface area contributed by atoms with Gasteiger partial charge in [0.25, 0.3) is 0 Å². The van der Waals surface area contributed by atoms with Gasteiger partial charge in [-0.2, -0.15) is 13.2 Å². The van der Waals surface area contributed by atoms with E-state index in [9.17, 15) is 32.3 Å². The number of hydrogen-bond acceptors (Lipinski definition) is 5. The zero-order valence-electron chi connectivity index (χ0n) is 19.6. The molecule has 3 atom stereocenters. The van der Waals surface area contributed by atoms with E-state index in [1.54, 1.807) is 24.3 Å². The summed E-state index contributed by atoms with van der Waals surface area (Å²) in [4.78, 5) is 56.0. The first-order valence-corrected chi connectivity index (χ1v) is 12.0. The summed E-state index contributed by atoms with van der Waals surface area (Å²) in [5.74, 6) is -6.23. The van der Waals surface area contributed by atoms with Crippen molar-refractivity contribution in [1.29, 1.82) is 0 Å². The fraction of sp³-hybridized carbons (Fsp3) is 0.214. The summed E-state index contributed by atoms with van der Waals surface area (Å²) in [5, 5.41) is 0.383. The van der Waals surface area contributed by atoms with Crippen LogP contribution in [0.5, 0.6) is 0 Å². The van der Waals surface area contributed by atoms with Crippen LogP contribution in [0.2, 0.25) is 5.02 Å². The molecule has 0 aromatic heterocycles. The van der Waals surface area contributed by atoms with Gasteiger partial charge in [0.05, 0.1) is 29.2 Å². The molecule has 1 aliphatic carbocycles. The van der Waals surface area contributed by atoms with Crippen molar-refractivity contribution in [3.63, 3.8) is 0 Å². The van der Waals surface area contributed by atoms with Crippen molar-refractivity contribution in [3.8, 4) is 0 Å². The van der Waals surface area contributed by atoms with Crippen molar-refractivity contribution in [2.75, 3.05) is 4.90 Å². The van der Waals surface area contributed by atoms with Gasteiger partial charge in [0.15, 0.2) is 0 Å². The van der Waals surface area contributed by atoms with E-state index < -0.39 is 58.7 Å². The van der Waals surface area contributed by atoms with Gasteiger partial charge in [-0.1, -0.05) is 54.1 Å². The van der Waals surface area contributed by atoms with Gasteiger partial charge in [0.2, 0.25) is 29.0 Å². The number of hydrogen-bond donors (Lipinski definition) is 0. The summed E-state index contributed by atoms with van der Waals surface area (Å²) in [7, 11) is 0. The zero-order valence-corrected chi connectivity index (χ0v) is 20.3. The Labute approximate surface area is 218 Å². The standard InChI is InChI=1S/C28H17ClF3NO5/c1-13-6-9-15(28(30,31)32)12-19(13)33-25(36)20-21(26(33)37)27(38-22(20)14-7-10-16(29)11-8-14)23(34)17-4-2-3-5-18(17)24(27)35/h2-12,20-22H,1H3. The summed E-state index contributed by atoms with van der Waals surface area (Å²) in [6, 6.07) is 14.9. The number of carbonyl (C=O) groups excluding carboxylic acids is 4. The number of ether oxygens (including phenoxy) is 1. The quantitative estimate of drug-likeness (QED) is 0.323. The molecule has 192 valence electrons. The second kappa shape index (κ2) is 8.09. The molecule has 0 N–H and O–H groups in total. The van der Waals surface area contributed by atoms with Gasteiger partial charge in [-0.15, -0.1) is 0 Å². The zero-order chi connectivity index (χ0) is 27.1. The van der Waals surface area contributed by atoms with E-state index in [2.05, 4.69) is 0 Å². The molecular formula is C28H17ClF3NO5. The van der Waals surface area contributed by atoms with Crippen molar-refractivity contribution in [2.45, 2.75) is 24.8 Å². The highest BCUT2D eigenvalue weighted by Crippen LogP contribution is 2.58. The monoisotopic (exact) mass is 539 g/mol. The van der Waals surface area contributed by atoms with Crippen LogP contribution < -0.4 is 4.90 Å². The lowest BCUT2D eigenvalue weighted by Gasteiger charge is -2.28. The van der Waals surface area contributed by atoms with Gasteiger partial charge in [-0.3, -0.25) is 19.2 Å². The Morgan fingerprint density at radius 1 is 0.868 bits per heavy atom. The lowest BCUT2D eigenvalue weighted by Crippen LogP contribution is -2.51. The molecule has 1 spiro atoms. The molecule has 3 unspecified atom stereocenters. The predicted molar refractivity (Wildman–Crippen MR) is 129 cm³/mol. The molecule has 3 aromatic carbocycles. The van der Waals surface area contributed by atoms with Crippen LogP contribution in [0.4, 0.5) is 18.9 Å². The van der Waals surface area contributed by atoms with E-state index in [4.69, 9.17) is 16.3 Å². The maximum Gasteiger partial charge on any atom is 0.416 e. The number of amides is 2. The fourth-order valence-electron chi connectivity index (χ4n) is 5.73. The number of benzene rings is 3. The molecule has 0 radical (unpaired) electrons. The predicted octanol–water partition coefficient (Wildman–Crippen LogP) is 5.36. The van der Waals surface area contributed by atoms with Crippen LogP contribution in [0.3, 0.4) is 0 Å². The maximum atomic E-state index is 14.0. The third-order valence-electron chi connectivity index (χ3n) is 7.49. The lowest BCUT2D eigenvalue weighted by atomic mass is 9.77. The van der Waals surface area contributed by atoms with Crippen molar-refractivity contribution >= 4 is 40.7 Å². The minimum absolute atomic E-state index is 0.0574. The SMILES string of the molecule is Cc1ccc(C(F)(F)F)cc1N1C(=O)C2C(c3ccc(Cl)cc3)OC3(C(=O)c4ccccc4C3=O)C2C1=O. The molecule has 2 aliphatic heterocycles. The van der Waals surface area contributed by atoms with Crippen LogP contribution in [0.1, 0.15) is 43.5 Å². The van der Waals surface area contributed by atoms with Gasteiger partial charge in [0, 0.05) is 16.1 Å². The van der Waals surface area contributed by atoms with Crippen molar-refractivity contribution in [2.24, 2.45) is 11.8 Å². The Balaban J connectivity index is 1.54. The van der Waals surface area contributed by atoms with Gasteiger partial charge in [-0.25, -0.2) is 4.90 Å². The molecule has 0 saturated carbocycles. The van der Waals surface area contributed by atoms with Crippen molar-refractivity contribution < 1.29 is 37.1 Å². The molecule has 10 heteroatoms. The number of alkyl halides is 3. The molecule has 38 heavy (non-hydrogen) atoms. The highest BCUT2D eigenvalue weighted by Gasteiger charge is 2.74. The molecule has 6 nitrogen and oxygen atoms in total. The Morgan fingerprint density at radius 3 is 2.05 bits per heavy atom. The lowest BCUT2D eigenvalue weighted by molar-refractivity contribution is -0.137. The first kappa shape index (κ1) is 24.5. The van der Waals surface area contributed by atoms with Gasteiger partial charge >= 0.3 is 6.18 Å². The summed E-state index contributed by atoms with van der Waals surface area (Å²) in [5.41, 5.74) is -2.88. The minimum atomic E-state index is -4.72. The number of ketones is 2. The van der Waals surface area contributed by atoms with Gasteiger partial charge < -0.3 is 4.74 Å². The molecule has 2 amide bonds. The Hall–Kier alpha value is -3.82. The fourth-order valence-corrected chi connectivity index (χ4v) is 5.86. The van der Waals surface area contributed by atoms with Crippen LogP contribution >= 0.6 is 11.6 Å². The summed E-state index contributed by atoms with van der Waals surface area (Å²) in [6.45, 7) is 1.47. The van der Waals surface area contributed by atoms with Gasteiger partial charge in [-0.05, 0) is 42.3 Å². The van der Waals surface area contributed by atoms with E-state index in [1.807, 2.05) is 0 Å². The number of aryl methyl sites for hydroxylation is 1. The molecule has 2 heterocycles. The van der Waals surface area contributed by atoms with Crippen LogP contribution in [-0.2, 0) is 20.5 Å². The second-order valence-electron chi connectivity index (χ2n) is 9.54. The smallest absolute Gasteiger partial charge is 0.349 e. The number of imide groups is 1. The second-order valence-corrected chi connectivity index (χ2v) is 9.98. The maximum absolute atomic E-state index is 14.0. The third kappa shape index (κ3) is 3.18. The van der Waals surface area contributed by atoms with Crippen molar-refractivity contribution in [1.82, 2.24) is 0 Å². The van der Waals surface area contributed by atoms with E-state index >= 15 is 0 Å². The first-order valence-electron chi connectivity index (χ1n) is 11.6. The van der Waals surface area contributed by atoms with Crippen LogP contribution in [-0.4, -0.2) is 29.0 Å². The summed E-state index contributed by atoms with van der Waals surface area (Å²) >= 11 is 6.01. The normalized spacial score (nSPS) is 23.9. The molecular weight excluding hydrogens is 523 g/mol. The number of nitrogens with zero attached hydrogens (tertiary/aromatic N) is 1. The Bertz CT molecular complexity index is 1530. The van der Waals surface area contributed by atoms with Crippen LogP contribution in [0.15, 0.2) is 66.7 Å². The molecule has 3 aliphatic rings. The van der Waals surface area contributed by atoms with Crippen LogP contribution in [0.25, 0.3) is 0 Å². The Morgan fingerprint density at radius 2 is 1.47 bits per heavy atom. The van der Waals surface area contributed by atoms with E-state index in [0.717, 1.165) is 18.2 Å². The number of Topliss-reactive ketones (excluding diaryl/α,β-unsaturated/α-hetero) is 2. The third-order valence-corrected chi connectivity index (χ3v) is 7.75. The molecule has 2 fully saturated rings. The average Bonchev–Trinajstić information content (AvgIpc) is 3.44. The topological polar surface area (TPSA) is 80.8 Å². The number of carbonyl (C=O) groups is 4. The van der Waals surface area contributed by atoms with E-state index in [1.165, 1.54) is 31.2 Å². The summed E-state index contributed by atoms with van der Waals surface area (Å²) in [6.07, 6.45) is -5.92.